The van der Waals surface area contributed by atoms with Crippen molar-refractivity contribution in [2.75, 3.05) is 6.54 Å². The van der Waals surface area contributed by atoms with Crippen molar-refractivity contribution in [3.8, 4) is 0 Å². The van der Waals surface area contributed by atoms with Crippen LogP contribution in [0, 0.1) is 0 Å². The predicted octanol–water partition coefficient (Wildman–Crippen LogP) is 5.89. The van der Waals surface area contributed by atoms with Crippen LogP contribution in [0.1, 0.15) is 122 Å². The zero-order valence-electron chi connectivity index (χ0n) is 18.6. The zero-order valence-corrected chi connectivity index (χ0v) is 18.6. The fourth-order valence-corrected chi connectivity index (χ4v) is 4.28. The highest BCUT2D eigenvalue weighted by atomic mass is 16.4. The smallest absolute Gasteiger partial charge is 0.303 e. The fraction of sp³-hybridized carbons (Fsp3) is 0.875. The molecule has 0 aromatic rings. The van der Waals surface area contributed by atoms with Gasteiger partial charge in [-0.15, -0.1) is 0 Å². The number of rotatable bonds is 18. The Labute approximate surface area is 177 Å². The lowest BCUT2D eigenvalue weighted by atomic mass is 10.0. The Hall–Kier alpha value is -1.39. The predicted molar refractivity (Wildman–Crippen MR) is 117 cm³/mol. The van der Waals surface area contributed by atoms with Gasteiger partial charge in [0.2, 0.25) is 5.78 Å². The van der Waals surface area contributed by atoms with Crippen LogP contribution in [0.15, 0.2) is 0 Å². The van der Waals surface area contributed by atoms with Gasteiger partial charge in [0.1, 0.15) is 0 Å². The van der Waals surface area contributed by atoms with Crippen LogP contribution < -0.4 is 0 Å². The second-order valence-corrected chi connectivity index (χ2v) is 8.64. The molecule has 1 aliphatic heterocycles. The van der Waals surface area contributed by atoms with Gasteiger partial charge < -0.3 is 10.0 Å². The van der Waals surface area contributed by atoms with Gasteiger partial charge >= 0.3 is 5.97 Å². The molecule has 1 N–H and O–H groups in total. The lowest BCUT2D eigenvalue weighted by molar-refractivity contribution is -0.145. The Morgan fingerprint density at radius 2 is 1.34 bits per heavy atom. The van der Waals surface area contributed by atoms with E-state index in [2.05, 4.69) is 6.92 Å². The van der Waals surface area contributed by atoms with Gasteiger partial charge in [-0.2, -0.15) is 0 Å². The summed E-state index contributed by atoms with van der Waals surface area (Å²) in [7, 11) is 0. The van der Waals surface area contributed by atoms with E-state index < -0.39 is 5.97 Å². The summed E-state index contributed by atoms with van der Waals surface area (Å²) in [5, 5.41) is 8.62. The number of amides is 1. The second kappa shape index (κ2) is 16.4. The highest BCUT2D eigenvalue weighted by Gasteiger charge is 2.31. The molecular formula is C24H43NO4. The van der Waals surface area contributed by atoms with Gasteiger partial charge in [0.05, 0.1) is 0 Å². The van der Waals surface area contributed by atoms with Crippen LogP contribution in [0.2, 0.25) is 0 Å². The summed E-state index contributed by atoms with van der Waals surface area (Å²) >= 11 is 0. The summed E-state index contributed by atoms with van der Waals surface area (Å²) in [5.41, 5.74) is 0. The number of aliphatic carboxylic acids is 1. The molecule has 0 bridgehead atoms. The molecule has 1 unspecified atom stereocenters. The molecule has 1 amide bonds. The molecule has 0 saturated carbocycles. The summed E-state index contributed by atoms with van der Waals surface area (Å²) in [6, 6.07) is 0.256. The van der Waals surface area contributed by atoms with Gasteiger partial charge in [-0.25, -0.2) is 0 Å². The normalized spacial score (nSPS) is 16.3. The monoisotopic (exact) mass is 409 g/mol. The molecular weight excluding hydrogens is 366 g/mol. The standard InChI is InChI=1S/C24H43NO4/c1-2-3-4-5-10-13-18-22(26)24(29)25-20-15-17-21(25)16-12-9-7-6-8-11-14-19-23(27)28/h21H,2-20H2,1H3,(H,27,28). The molecule has 5 heteroatoms. The molecule has 0 radical (unpaired) electrons. The number of likely N-dealkylation sites (tertiary alicyclic amines) is 1. The van der Waals surface area contributed by atoms with Gasteiger partial charge in [-0.1, -0.05) is 77.6 Å². The quantitative estimate of drug-likeness (QED) is 0.226. The molecule has 0 aromatic carbocycles. The summed E-state index contributed by atoms with van der Waals surface area (Å²) < 4.78 is 0. The molecule has 5 nitrogen and oxygen atoms in total. The van der Waals surface area contributed by atoms with E-state index in [1.807, 2.05) is 4.90 Å². The summed E-state index contributed by atoms with van der Waals surface area (Å²) in [6.45, 7) is 2.94. The van der Waals surface area contributed by atoms with Crippen LogP contribution in [0.3, 0.4) is 0 Å². The molecule has 1 heterocycles. The van der Waals surface area contributed by atoms with Crippen molar-refractivity contribution in [1.82, 2.24) is 4.90 Å². The Morgan fingerprint density at radius 1 is 0.793 bits per heavy atom. The molecule has 0 aliphatic carbocycles. The minimum absolute atomic E-state index is 0.186. The number of carbonyl (C=O) groups is 3. The lowest BCUT2D eigenvalue weighted by Crippen LogP contribution is -2.40. The number of carboxylic acids is 1. The van der Waals surface area contributed by atoms with Crippen molar-refractivity contribution in [1.29, 1.82) is 0 Å². The Morgan fingerprint density at radius 3 is 1.97 bits per heavy atom. The van der Waals surface area contributed by atoms with Crippen molar-refractivity contribution in [3.63, 3.8) is 0 Å². The number of carbonyl (C=O) groups excluding carboxylic acids is 2. The Kier molecular flexibility index (Phi) is 14.5. The molecule has 29 heavy (non-hydrogen) atoms. The average Bonchev–Trinajstić information content (AvgIpc) is 3.16. The molecule has 1 saturated heterocycles. The van der Waals surface area contributed by atoms with Crippen molar-refractivity contribution >= 4 is 17.7 Å². The topological polar surface area (TPSA) is 74.7 Å². The van der Waals surface area contributed by atoms with Crippen molar-refractivity contribution in [2.45, 2.75) is 129 Å². The van der Waals surface area contributed by atoms with Gasteiger partial charge in [0.25, 0.3) is 5.91 Å². The molecule has 1 rings (SSSR count). The maximum atomic E-state index is 12.5. The van der Waals surface area contributed by atoms with Crippen molar-refractivity contribution in [3.05, 3.63) is 0 Å². The number of unbranched alkanes of at least 4 members (excludes halogenated alkanes) is 11. The van der Waals surface area contributed by atoms with Gasteiger partial charge in [-0.3, -0.25) is 14.4 Å². The maximum absolute atomic E-state index is 12.5. The number of carboxylic acid groups (broad SMARTS) is 1. The molecule has 0 spiro atoms. The molecule has 1 aliphatic rings. The number of hydrogen-bond acceptors (Lipinski definition) is 3. The third-order valence-electron chi connectivity index (χ3n) is 6.06. The molecule has 0 aromatic heterocycles. The van der Waals surface area contributed by atoms with Crippen molar-refractivity contribution in [2.24, 2.45) is 0 Å². The maximum Gasteiger partial charge on any atom is 0.303 e. The van der Waals surface area contributed by atoms with Crippen LogP contribution in [0.5, 0.6) is 0 Å². The first kappa shape index (κ1) is 25.6. The van der Waals surface area contributed by atoms with Gasteiger partial charge in [0.15, 0.2) is 0 Å². The largest absolute Gasteiger partial charge is 0.481 e. The zero-order chi connectivity index (χ0) is 21.3. The second-order valence-electron chi connectivity index (χ2n) is 8.64. The lowest BCUT2D eigenvalue weighted by Gasteiger charge is -2.24. The third-order valence-corrected chi connectivity index (χ3v) is 6.06. The van der Waals surface area contributed by atoms with Crippen molar-refractivity contribution < 1.29 is 19.5 Å². The highest BCUT2D eigenvalue weighted by Crippen LogP contribution is 2.23. The first-order valence-corrected chi connectivity index (χ1v) is 12.1. The first-order valence-electron chi connectivity index (χ1n) is 12.1. The minimum Gasteiger partial charge on any atom is -0.481 e. The number of nitrogens with zero attached hydrogens (tertiary/aromatic N) is 1. The SMILES string of the molecule is CCCCCCCCC(=O)C(=O)N1CCCC1CCCCCCCCCC(=O)O. The van der Waals surface area contributed by atoms with E-state index in [4.69, 9.17) is 5.11 Å². The summed E-state index contributed by atoms with van der Waals surface area (Å²) in [5.74, 6) is -1.13. The van der Waals surface area contributed by atoms with Gasteiger partial charge in [0, 0.05) is 25.4 Å². The molecule has 1 fully saturated rings. The molecule has 1 atom stereocenters. The van der Waals surface area contributed by atoms with E-state index in [0.29, 0.717) is 6.42 Å². The molecule has 168 valence electrons. The number of ketones is 1. The average molecular weight is 410 g/mol. The van der Waals surface area contributed by atoms with E-state index in [-0.39, 0.29) is 24.2 Å². The van der Waals surface area contributed by atoms with Gasteiger partial charge in [-0.05, 0) is 32.1 Å². The fourth-order valence-electron chi connectivity index (χ4n) is 4.28. The van der Waals surface area contributed by atoms with E-state index in [9.17, 15) is 14.4 Å². The number of Topliss-reactive ketones (excluding diaryl/α,β-unsaturated/α-hetero) is 1. The van der Waals surface area contributed by atoms with Crippen LogP contribution in [-0.2, 0) is 14.4 Å². The summed E-state index contributed by atoms with van der Waals surface area (Å²) in [6.07, 6.45) is 18.0. The Balaban J connectivity index is 2.11. The van der Waals surface area contributed by atoms with E-state index >= 15 is 0 Å². The van der Waals surface area contributed by atoms with Crippen LogP contribution in [0.25, 0.3) is 0 Å². The van der Waals surface area contributed by atoms with Crippen LogP contribution in [0.4, 0.5) is 0 Å². The summed E-state index contributed by atoms with van der Waals surface area (Å²) in [4.78, 5) is 37.1. The van der Waals surface area contributed by atoms with E-state index in [0.717, 1.165) is 77.2 Å². The van der Waals surface area contributed by atoms with Crippen LogP contribution >= 0.6 is 0 Å². The first-order chi connectivity index (χ1) is 14.1. The van der Waals surface area contributed by atoms with E-state index in [1.54, 1.807) is 0 Å². The third kappa shape index (κ3) is 12.0. The van der Waals surface area contributed by atoms with E-state index in [1.165, 1.54) is 32.1 Å². The highest BCUT2D eigenvalue weighted by molar-refractivity contribution is 6.36. The number of hydrogen-bond donors (Lipinski definition) is 1. The van der Waals surface area contributed by atoms with Crippen LogP contribution in [-0.4, -0.2) is 40.3 Å². The minimum atomic E-state index is -0.703. The Bertz CT molecular complexity index is 478.